The average Bonchev–Trinajstić information content (AvgIpc) is 2.83. The van der Waals surface area contributed by atoms with Crippen molar-refractivity contribution in [2.45, 2.75) is 72.8 Å². The van der Waals surface area contributed by atoms with Gasteiger partial charge in [-0.05, 0) is 18.9 Å². The molecule has 0 spiro atoms. The molecule has 21 heavy (non-hydrogen) atoms. The number of halogens is 3. The van der Waals surface area contributed by atoms with E-state index < -0.39 is 6.10 Å². The van der Waals surface area contributed by atoms with Crippen molar-refractivity contribution in [1.29, 1.82) is 0 Å². The maximum Gasteiger partial charge on any atom is 0.0871 e. The zero-order valence-electron chi connectivity index (χ0n) is 11.9. The van der Waals surface area contributed by atoms with Gasteiger partial charge >= 0.3 is 0 Å². The van der Waals surface area contributed by atoms with Gasteiger partial charge in [-0.1, -0.05) is 54.7 Å². The Labute approximate surface area is 151 Å². The SMILES string of the molecule is CC[C@H](Br)[C@H]1C[C@H](Br)[C@H](O)C[C@H]2O[C@H](C=C=CBr)C[C@H]2O1. The van der Waals surface area contributed by atoms with Gasteiger partial charge in [-0.2, -0.15) is 0 Å². The molecular formula is C15H21Br3O3. The van der Waals surface area contributed by atoms with Gasteiger partial charge < -0.3 is 14.6 Å². The molecule has 2 saturated heterocycles. The highest BCUT2D eigenvalue weighted by Crippen LogP contribution is 2.35. The number of hydrogen-bond acceptors (Lipinski definition) is 3. The molecule has 0 aromatic heterocycles. The Morgan fingerprint density at radius 3 is 2.67 bits per heavy atom. The Bertz CT molecular complexity index is 398. The van der Waals surface area contributed by atoms with Crippen LogP contribution in [0.15, 0.2) is 16.8 Å². The Balaban J connectivity index is 2.11. The van der Waals surface area contributed by atoms with Crippen molar-refractivity contribution in [3.63, 3.8) is 0 Å². The molecule has 2 rings (SSSR count). The summed E-state index contributed by atoms with van der Waals surface area (Å²) in [6.07, 6.45) is 4.78. The van der Waals surface area contributed by atoms with Gasteiger partial charge in [-0.3, -0.25) is 0 Å². The van der Waals surface area contributed by atoms with Crippen LogP contribution in [0.4, 0.5) is 0 Å². The van der Waals surface area contributed by atoms with Crippen LogP contribution in [0.2, 0.25) is 0 Å². The van der Waals surface area contributed by atoms with Crippen molar-refractivity contribution in [1.82, 2.24) is 0 Å². The molecule has 3 nitrogen and oxygen atoms in total. The van der Waals surface area contributed by atoms with E-state index in [-0.39, 0.29) is 29.2 Å². The summed E-state index contributed by atoms with van der Waals surface area (Å²) in [6, 6.07) is 0. The Morgan fingerprint density at radius 2 is 2.00 bits per heavy atom. The van der Waals surface area contributed by atoms with Gasteiger partial charge in [0.1, 0.15) is 0 Å². The van der Waals surface area contributed by atoms with E-state index in [4.69, 9.17) is 9.47 Å². The van der Waals surface area contributed by atoms with E-state index in [9.17, 15) is 5.11 Å². The Hall–Kier alpha value is 0.840. The minimum atomic E-state index is -0.407. The van der Waals surface area contributed by atoms with E-state index >= 15 is 0 Å². The Morgan fingerprint density at radius 1 is 1.29 bits per heavy atom. The van der Waals surface area contributed by atoms with E-state index in [1.54, 1.807) is 4.99 Å². The number of fused-ring (bicyclic) bond motifs is 1. The predicted octanol–water partition coefficient (Wildman–Crippen LogP) is 4.05. The second-order valence-corrected chi connectivity index (χ2v) is 8.39. The topological polar surface area (TPSA) is 38.7 Å². The van der Waals surface area contributed by atoms with Crippen LogP contribution in [0.25, 0.3) is 0 Å². The largest absolute Gasteiger partial charge is 0.392 e. The molecule has 7 atom stereocenters. The second kappa shape index (κ2) is 8.62. The first-order valence-electron chi connectivity index (χ1n) is 7.33. The summed E-state index contributed by atoms with van der Waals surface area (Å²) in [4.78, 5) is 2.02. The minimum Gasteiger partial charge on any atom is -0.392 e. The van der Waals surface area contributed by atoms with Crippen LogP contribution >= 0.6 is 47.8 Å². The Kier molecular flexibility index (Phi) is 7.47. The smallest absolute Gasteiger partial charge is 0.0871 e. The van der Waals surface area contributed by atoms with Crippen LogP contribution in [0.5, 0.6) is 0 Å². The summed E-state index contributed by atoms with van der Waals surface area (Å²) < 4.78 is 12.3. The van der Waals surface area contributed by atoms with E-state index in [1.807, 2.05) is 6.08 Å². The van der Waals surface area contributed by atoms with Crippen LogP contribution in [0.3, 0.4) is 0 Å². The molecule has 2 fully saturated rings. The average molecular weight is 489 g/mol. The van der Waals surface area contributed by atoms with Gasteiger partial charge in [-0.15, -0.1) is 5.73 Å². The molecule has 2 aliphatic rings. The highest BCUT2D eigenvalue weighted by molar-refractivity contribution is 9.11. The van der Waals surface area contributed by atoms with Crippen molar-refractivity contribution >= 4 is 47.8 Å². The molecule has 0 saturated carbocycles. The molecule has 2 heterocycles. The minimum absolute atomic E-state index is 0.00364. The predicted molar refractivity (Wildman–Crippen MR) is 94.5 cm³/mol. The van der Waals surface area contributed by atoms with E-state index in [0.717, 1.165) is 19.3 Å². The summed E-state index contributed by atoms with van der Waals surface area (Å²) in [5.41, 5.74) is 3.00. The van der Waals surface area contributed by atoms with Crippen molar-refractivity contribution in [2.75, 3.05) is 0 Å². The van der Waals surface area contributed by atoms with E-state index in [2.05, 4.69) is 60.4 Å². The van der Waals surface area contributed by atoms with Gasteiger partial charge in [0.15, 0.2) is 0 Å². The third kappa shape index (κ3) is 4.90. The first-order valence-corrected chi connectivity index (χ1v) is 10.1. The van der Waals surface area contributed by atoms with Crippen LogP contribution in [0, 0.1) is 0 Å². The molecule has 0 aromatic carbocycles. The summed E-state index contributed by atoms with van der Waals surface area (Å²) in [5, 5.41) is 10.3. The third-order valence-corrected chi connectivity index (χ3v) is 6.55. The number of aliphatic hydroxyl groups excluding tert-OH is 1. The molecule has 0 radical (unpaired) electrons. The van der Waals surface area contributed by atoms with Gasteiger partial charge in [-0.25, -0.2) is 0 Å². The normalized spacial score (nSPS) is 41.4. The van der Waals surface area contributed by atoms with Crippen molar-refractivity contribution in [3.05, 3.63) is 16.8 Å². The lowest BCUT2D eigenvalue weighted by atomic mass is 9.96. The molecule has 1 N–H and O–H groups in total. The van der Waals surface area contributed by atoms with Crippen LogP contribution < -0.4 is 0 Å². The first kappa shape index (κ1) is 18.2. The van der Waals surface area contributed by atoms with Crippen molar-refractivity contribution < 1.29 is 14.6 Å². The summed E-state index contributed by atoms with van der Waals surface area (Å²) >= 11 is 10.5. The molecule has 2 aliphatic heterocycles. The van der Waals surface area contributed by atoms with Crippen LogP contribution in [-0.2, 0) is 9.47 Å². The lowest BCUT2D eigenvalue weighted by molar-refractivity contribution is -0.0861. The number of hydrogen-bond donors (Lipinski definition) is 1. The lowest BCUT2D eigenvalue weighted by Crippen LogP contribution is -2.42. The van der Waals surface area contributed by atoms with Gasteiger partial charge in [0, 0.05) is 27.5 Å². The molecule has 0 amide bonds. The number of aliphatic hydroxyl groups is 1. The summed E-state index contributed by atoms with van der Waals surface area (Å²) in [7, 11) is 0. The van der Waals surface area contributed by atoms with Crippen LogP contribution in [-0.4, -0.2) is 45.3 Å². The molecular weight excluding hydrogens is 468 g/mol. The molecule has 120 valence electrons. The van der Waals surface area contributed by atoms with Crippen LogP contribution in [0.1, 0.15) is 32.6 Å². The lowest BCUT2D eigenvalue weighted by Gasteiger charge is -2.34. The maximum absolute atomic E-state index is 10.3. The molecule has 0 aliphatic carbocycles. The fourth-order valence-electron chi connectivity index (χ4n) is 2.89. The van der Waals surface area contributed by atoms with Gasteiger partial charge in [0.25, 0.3) is 0 Å². The fourth-order valence-corrected chi connectivity index (χ4v) is 3.97. The second-order valence-electron chi connectivity index (χ2n) is 5.58. The quantitative estimate of drug-likeness (QED) is 0.481. The number of alkyl halides is 2. The molecule has 0 aromatic rings. The monoisotopic (exact) mass is 486 g/mol. The molecule has 0 unspecified atom stereocenters. The highest BCUT2D eigenvalue weighted by atomic mass is 79.9. The van der Waals surface area contributed by atoms with E-state index in [0.29, 0.717) is 11.2 Å². The van der Waals surface area contributed by atoms with Crippen molar-refractivity contribution in [3.8, 4) is 0 Å². The standard InChI is InChI=1S/C15H21Br3O3/c1-2-10(17)13-7-11(18)12(19)8-15-14(21-13)6-9(20-15)4-3-5-16/h4-5,9-15,19H,2,6-8H2,1H3/t3?,9-,10+,11+,12-,13-,14-,15-/m1/s1. The number of ether oxygens (including phenoxy) is 2. The third-order valence-electron chi connectivity index (χ3n) is 4.07. The first-order chi connectivity index (χ1) is 10.0. The number of rotatable bonds is 3. The maximum atomic E-state index is 10.3. The molecule has 6 heteroatoms. The zero-order chi connectivity index (χ0) is 15.4. The van der Waals surface area contributed by atoms with E-state index in [1.165, 1.54) is 0 Å². The fraction of sp³-hybridized carbons (Fsp3) is 0.800. The van der Waals surface area contributed by atoms with Crippen molar-refractivity contribution in [2.24, 2.45) is 0 Å². The van der Waals surface area contributed by atoms with Gasteiger partial charge in [0.05, 0.1) is 30.5 Å². The summed E-state index contributed by atoms with van der Waals surface area (Å²) in [6.45, 7) is 2.14. The molecule has 0 bridgehead atoms. The highest BCUT2D eigenvalue weighted by Gasteiger charge is 2.42. The summed E-state index contributed by atoms with van der Waals surface area (Å²) in [5.74, 6) is 0. The van der Waals surface area contributed by atoms with Gasteiger partial charge in [0.2, 0.25) is 0 Å². The zero-order valence-corrected chi connectivity index (χ0v) is 16.7.